The summed E-state index contributed by atoms with van der Waals surface area (Å²) in [5, 5.41) is 2.96. The van der Waals surface area contributed by atoms with Gasteiger partial charge in [0.25, 0.3) is 10.0 Å². The summed E-state index contributed by atoms with van der Waals surface area (Å²) in [4.78, 5) is 27.7. The van der Waals surface area contributed by atoms with Crippen LogP contribution in [0.15, 0.2) is 83.8 Å². The molecule has 1 N–H and O–H groups in total. The summed E-state index contributed by atoms with van der Waals surface area (Å²) in [6.45, 7) is 1.18. The lowest BCUT2D eigenvalue weighted by atomic mass is 10.1. The van der Waals surface area contributed by atoms with E-state index in [1.165, 1.54) is 72.6 Å². The van der Waals surface area contributed by atoms with Crippen LogP contribution in [0, 0.1) is 5.82 Å². The predicted octanol–water partition coefficient (Wildman–Crippen LogP) is 4.23. The van der Waals surface area contributed by atoms with Crippen LogP contribution in [0.3, 0.4) is 0 Å². The van der Waals surface area contributed by atoms with Crippen molar-refractivity contribution < 1.29 is 22.4 Å². The molecule has 190 valence electrons. The highest BCUT2D eigenvalue weighted by atomic mass is 35.5. The maximum absolute atomic E-state index is 13.7. The van der Waals surface area contributed by atoms with Crippen LogP contribution < -0.4 is 9.62 Å². The molecule has 0 unspecified atom stereocenters. The average Bonchev–Trinajstić information content (AvgIpc) is 2.89. The Balaban J connectivity index is 2.03. The van der Waals surface area contributed by atoms with Gasteiger partial charge in [-0.15, -0.1) is 0 Å². The fraction of sp³-hybridized carbons (Fsp3) is 0.231. The first-order valence-corrected chi connectivity index (χ1v) is 13.1. The van der Waals surface area contributed by atoms with Gasteiger partial charge in [0, 0.05) is 18.6 Å². The molecule has 0 radical (unpaired) electrons. The van der Waals surface area contributed by atoms with E-state index in [0.29, 0.717) is 17.0 Å². The molecule has 0 heterocycles. The number of likely N-dealkylation sites (N-methyl/N-ethyl adjacent to an activating group) is 1. The van der Waals surface area contributed by atoms with Crippen LogP contribution in [0.25, 0.3) is 0 Å². The zero-order chi connectivity index (χ0) is 26.3. The van der Waals surface area contributed by atoms with E-state index in [1.54, 1.807) is 25.1 Å². The number of rotatable bonds is 10. The Morgan fingerprint density at radius 2 is 1.58 bits per heavy atom. The Morgan fingerprint density at radius 1 is 0.972 bits per heavy atom. The predicted molar refractivity (Wildman–Crippen MR) is 138 cm³/mol. The molecule has 0 bridgehead atoms. The van der Waals surface area contributed by atoms with Gasteiger partial charge in [0.2, 0.25) is 11.8 Å². The molecule has 0 aliphatic rings. The van der Waals surface area contributed by atoms with Crippen molar-refractivity contribution >= 4 is 39.1 Å². The molecule has 2 amide bonds. The Morgan fingerprint density at radius 3 is 2.14 bits per heavy atom. The third-order valence-electron chi connectivity index (χ3n) is 5.62. The molecular weight excluding hydrogens is 505 g/mol. The van der Waals surface area contributed by atoms with E-state index >= 15 is 0 Å². The number of amides is 2. The fourth-order valence-electron chi connectivity index (χ4n) is 3.73. The van der Waals surface area contributed by atoms with E-state index < -0.39 is 40.2 Å². The number of carbonyl (C=O) groups excluding carboxylic acids is 2. The molecule has 1 atom stereocenters. The van der Waals surface area contributed by atoms with Gasteiger partial charge in [-0.3, -0.25) is 13.9 Å². The normalized spacial score (nSPS) is 12.0. The largest absolute Gasteiger partial charge is 0.357 e. The van der Waals surface area contributed by atoms with Gasteiger partial charge in [0.15, 0.2) is 0 Å². The van der Waals surface area contributed by atoms with E-state index in [1.807, 2.05) is 0 Å². The Kier molecular flexibility index (Phi) is 9.06. The number of anilines is 1. The van der Waals surface area contributed by atoms with Crippen LogP contribution in [-0.2, 0) is 26.2 Å². The molecule has 0 saturated heterocycles. The first-order valence-electron chi connectivity index (χ1n) is 11.3. The van der Waals surface area contributed by atoms with E-state index in [4.69, 9.17) is 11.6 Å². The summed E-state index contributed by atoms with van der Waals surface area (Å²) in [7, 11) is -2.68. The third kappa shape index (κ3) is 6.41. The lowest BCUT2D eigenvalue weighted by Gasteiger charge is -2.33. The van der Waals surface area contributed by atoms with Gasteiger partial charge in [0.05, 0.1) is 10.6 Å². The van der Waals surface area contributed by atoms with Crippen LogP contribution in [0.1, 0.15) is 18.9 Å². The second-order valence-electron chi connectivity index (χ2n) is 7.99. The monoisotopic (exact) mass is 531 g/mol. The van der Waals surface area contributed by atoms with E-state index in [-0.39, 0.29) is 17.1 Å². The van der Waals surface area contributed by atoms with Gasteiger partial charge in [-0.05, 0) is 60.5 Å². The Hall–Kier alpha value is -3.43. The number of benzene rings is 3. The minimum absolute atomic E-state index is 0.00905. The minimum Gasteiger partial charge on any atom is -0.357 e. The highest BCUT2D eigenvalue weighted by Crippen LogP contribution is 2.26. The van der Waals surface area contributed by atoms with E-state index in [0.717, 1.165) is 4.31 Å². The first-order chi connectivity index (χ1) is 17.2. The second kappa shape index (κ2) is 12.0. The van der Waals surface area contributed by atoms with Gasteiger partial charge in [0.1, 0.15) is 18.4 Å². The molecule has 0 aromatic heterocycles. The fourth-order valence-corrected chi connectivity index (χ4v) is 5.29. The second-order valence-corrected chi connectivity index (χ2v) is 10.3. The summed E-state index contributed by atoms with van der Waals surface area (Å²) in [6, 6.07) is 18.5. The minimum atomic E-state index is -4.14. The zero-order valence-corrected chi connectivity index (χ0v) is 21.5. The number of sulfonamides is 1. The van der Waals surface area contributed by atoms with Crippen molar-refractivity contribution in [2.75, 3.05) is 17.9 Å². The van der Waals surface area contributed by atoms with Crippen molar-refractivity contribution in [1.29, 1.82) is 0 Å². The van der Waals surface area contributed by atoms with Crippen molar-refractivity contribution in [3.8, 4) is 0 Å². The average molecular weight is 532 g/mol. The first kappa shape index (κ1) is 27.2. The van der Waals surface area contributed by atoms with Crippen LogP contribution in [0.5, 0.6) is 0 Å². The topological polar surface area (TPSA) is 86.8 Å². The zero-order valence-electron chi connectivity index (χ0n) is 19.9. The SMILES string of the molecule is CC[C@H](C(=O)NC)N(Cc1ccc(F)cc1)C(=O)CN(c1ccc(Cl)cc1)S(=O)(=O)c1ccccc1. The summed E-state index contributed by atoms with van der Waals surface area (Å²) < 4.78 is 41.6. The van der Waals surface area contributed by atoms with Crippen molar-refractivity contribution in [1.82, 2.24) is 10.2 Å². The van der Waals surface area contributed by atoms with Crippen LogP contribution in [0.4, 0.5) is 10.1 Å². The quantitative estimate of drug-likeness (QED) is 0.424. The van der Waals surface area contributed by atoms with E-state index in [9.17, 15) is 22.4 Å². The molecule has 0 aliphatic carbocycles. The molecule has 36 heavy (non-hydrogen) atoms. The lowest BCUT2D eigenvalue weighted by molar-refractivity contribution is -0.140. The maximum Gasteiger partial charge on any atom is 0.264 e. The number of carbonyl (C=O) groups is 2. The molecule has 0 fully saturated rings. The van der Waals surface area contributed by atoms with Crippen LogP contribution in [0.2, 0.25) is 5.02 Å². The molecule has 3 rings (SSSR count). The van der Waals surface area contributed by atoms with Crippen molar-refractivity contribution in [3.05, 3.63) is 95.3 Å². The highest BCUT2D eigenvalue weighted by molar-refractivity contribution is 7.92. The van der Waals surface area contributed by atoms with Crippen molar-refractivity contribution in [3.63, 3.8) is 0 Å². The van der Waals surface area contributed by atoms with E-state index in [2.05, 4.69) is 5.32 Å². The van der Waals surface area contributed by atoms with Gasteiger partial charge in [-0.1, -0.05) is 48.9 Å². The molecule has 0 spiro atoms. The number of hydrogen-bond acceptors (Lipinski definition) is 4. The van der Waals surface area contributed by atoms with Crippen molar-refractivity contribution in [2.24, 2.45) is 0 Å². The van der Waals surface area contributed by atoms with Crippen LogP contribution in [-0.4, -0.2) is 44.8 Å². The Bertz CT molecular complexity index is 1290. The van der Waals surface area contributed by atoms with Gasteiger partial charge in [-0.25, -0.2) is 12.8 Å². The summed E-state index contributed by atoms with van der Waals surface area (Å²) in [5.74, 6) is -1.42. The van der Waals surface area contributed by atoms with Crippen LogP contribution >= 0.6 is 11.6 Å². The molecule has 0 saturated carbocycles. The maximum atomic E-state index is 13.7. The molecule has 7 nitrogen and oxygen atoms in total. The van der Waals surface area contributed by atoms with Gasteiger partial charge >= 0.3 is 0 Å². The molecule has 3 aromatic rings. The summed E-state index contributed by atoms with van der Waals surface area (Å²) in [6.07, 6.45) is 0.291. The third-order valence-corrected chi connectivity index (χ3v) is 7.66. The van der Waals surface area contributed by atoms with Gasteiger partial charge in [-0.2, -0.15) is 0 Å². The summed E-state index contributed by atoms with van der Waals surface area (Å²) in [5.41, 5.74) is 0.836. The molecule has 0 aliphatic heterocycles. The lowest BCUT2D eigenvalue weighted by Crippen LogP contribution is -2.51. The molecule has 3 aromatic carbocycles. The molecule has 10 heteroatoms. The number of hydrogen-bond donors (Lipinski definition) is 1. The van der Waals surface area contributed by atoms with Crippen molar-refractivity contribution in [2.45, 2.75) is 30.8 Å². The molecular formula is C26H27ClFN3O4S. The standard InChI is InChI=1S/C26H27ClFN3O4S/c1-3-24(26(33)29-2)30(17-19-9-13-21(28)14-10-19)25(32)18-31(22-15-11-20(27)12-16-22)36(34,35)23-7-5-4-6-8-23/h4-16,24H,3,17-18H2,1-2H3,(H,29,33)/t24-/m1/s1. The number of halogens is 2. The Labute approximate surface area is 215 Å². The smallest absolute Gasteiger partial charge is 0.264 e. The van der Waals surface area contributed by atoms with Gasteiger partial charge < -0.3 is 10.2 Å². The summed E-state index contributed by atoms with van der Waals surface area (Å²) >= 11 is 6.00. The highest BCUT2D eigenvalue weighted by Gasteiger charge is 2.33. The number of nitrogens with one attached hydrogen (secondary N) is 1. The number of nitrogens with zero attached hydrogens (tertiary/aromatic N) is 2.